The molecule has 1 aromatic rings. The predicted molar refractivity (Wildman–Crippen MR) is 85.9 cm³/mol. The average Bonchev–Trinajstić information content (AvgIpc) is 2.54. The van der Waals surface area contributed by atoms with E-state index in [0.717, 1.165) is 0 Å². The summed E-state index contributed by atoms with van der Waals surface area (Å²) in [5, 5.41) is 18.8. The van der Waals surface area contributed by atoms with Crippen LogP contribution in [0, 0.1) is 29.6 Å². The first kappa shape index (κ1) is 17.1. The molecule has 0 aliphatic carbocycles. The fourth-order valence-corrected chi connectivity index (χ4v) is 2.75. The van der Waals surface area contributed by atoms with Gasteiger partial charge in [0.25, 0.3) is 0 Å². The Kier molecular flexibility index (Phi) is 4.91. The number of ether oxygens (including phenoxy) is 2. The number of esters is 1. The Morgan fingerprint density at radius 2 is 2.04 bits per heavy atom. The lowest BCUT2D eigenvalue weighted by molar-refractivity contribution is -0.139. The lowest BCUT2D eigenvalue weighted by Crippen LogP contribution is -2.26. The Morgan fingerprint density at radius 3 is 2.62 bits per heavy atom. The molecule has 0 fully saturated rings. The molecule has 1 aliphatic heterocycles. The van der Waals surface area contributed by atoms with Crippen LogP contribution in [0.1, 0.15) is 36.5 Å². The molecule has 1 atom stereocenters. The van der Waals surface area contributed by atoms with Gasteiger partial charge >= 0.3 is 5.97 Å². The predicted octanol–water partition coefficient (Wildman–Crippen LogP) is 2.51. The van der Waals surface area contributed by atoms with Crippen molar-refractivity contribution in [2.45, 2.75) is 26.7 Å². The van der Waals surface area contributed by atoms with E-state index in [1.807, 2.05) is 6.07 Å². The fraction of sp³-hybridized carbons (Fsp3) is 0.278. The molecular weight excluding hydrogens is 306 g/mol. The maximum atomic E-state index is 12.4. The SMILES string of the molecule is CCOC(=O)C1=C(C)OC(N)=C(C#N)C1c1cccc(C#N)c1C. The first-order valence-corrected chi connectivity index (χ1v) is 7.41. The molecule has 1 aliphatic rings. The lowest BCUT2D eigenvalue weighted by atomic mass is 9.80. The first-order chi connectivity index (χ1) is 11.5. The van der Waals surface area contributed by atoms with Gasteiger partial charge < -0.3 is 15.2 Å². The van der Waals surface area contributed by atoms with Gasteiger partial charge in [-0.15, -0.1) is 0 Å². The van der Waals surface area contributed by atoms with Crippen LogP contribution in [0.2, 0.25) is 0 Å². The van der Waals surface area contributed by atoms with E-state index in [0.29, 0.717) is 16.7 Å². The number of benzene rings is 1. The zero-order valence-electron chi connectivity index (χ0n) is 13.7. The van der Waals surface area contributed by atoms with Gasteiger partial charge in [-0.3, -0.25) is 0 Å². The van der Waals surface area contributed by atoms with Gasteiger partial charge in [-0.2, -0.15) is 10.5 Å². The first-order valence-electron chi connectivity index (χ1n) is 7.41. The molecule has 2 N–H and O–H groups in total. The molecule has 122 valence electrons. The number of nitrogens with two attached hydrogens (primary N) is 1. The van der Waals surface area contributed by atoms with Gasteiger partial charge in [-0.05, 0) is 38.0 Å². The molecule has 1 heterocycles. The minimum atomic E-state index is -0.726. The van der Waals surface area contributed by atoms with E-state index in [2.05, 4.69) is 6.07 Å². The molecule has 0 spiro atoms. The van der Waals surface area contributed by atoms with Crippen molar-refractivity contribution in [2.24, 2.45) is 5.73 Å². The van der Waals surface area contributed by atoms with Gasteiger partial charge in [0.2, 0.25) is 5.88 Å². The van der Waals surface area contributed by atoms with Crippen LogP contribution < -0.4 is 5.73 Å². The van der Waals surface area contributed by atoms with Crippen LogP contribution in [0.15, 0.2) is 41.0 Å². The van der Waals surface area contributed by atoms with Gasteiger partial charge in [-0.1, -0.05) is 12.1 Å². The average molecular weight is 323 g/mol. The van der Waals surface area contributed by atoms with E-state index in [1.165, 1.54) is 0 Å². The third kappa shape index (κ3) is 2.82. The zero-order valence-corrected chi connectivity index (χ0v) is 13.7. The van der Waals surface area contributed by atoms with Crippen LogP contribution in [0.5, 0.6) is 0 Å². The molecular formula is C18H17N3O3. The summed E-state index contributed by atoms with van der Waals surface area (Å²) in [6, 6.07) is 9.28. The molecule has 0 saturated heterocycles. The molecule has 6 heteroatoms. The maximum Gasteiger partial charge on any atom is 0.338 e. The number of hydrogen-bond donors (Lipinski definition) is 1. The molecule has 1 unspecified atom stereocenters. The van der Waals surface area contributed by atoms with Crippen LogP contribution >= 0.6 is 0 Å². The largest absolute Gasteiger partial charge is 0.463 e. The molecule has 0 radical (unpaired) electrons. The van der Waals surface area contributed by atoms with Crippen LogP contribution in [-0.2, 0) is 14.3 Å². The Hall–Kier alpha value is -3.25. The van der Waals surface area contributed by atoms with Gasteiger partial charge in [0.05, 0.1) is 29.7 Å². The lowest BCUT2D eigenvalue weighted by Gasteiger charge is -2.28. The number of rotatable bonds is 3. The molecule has 24 heavy (non-hydrogen) atoms. The molecule has 0 saturated carbocycles. The second-order valence-electron chi connectivity index (χ2n) is 5.25. The van der Waals surface area contributed by atoms with Crippen molar-refractivity contribution in [1.29, 1.82) is 10.5 Å². The molecule has 2 rings (SSSR count). The zero-order chi connectivity index (χ0) is 17.9. The topological polar surface area (TPSA) is 109 Å². The van der Waals surface area contributed by atoms with Gasteiger partial charge in [0.1, 0.15) is 17.4 Å². The Bertz CT molecular complexity index is 838. The van der Waals surface area contributed by atoms with E-state index in [9.17, 15) is 15.3 Å². The van der Waals surface area contributed by atoms with Crippen molar-refractivity contribution in [3.8, 4) is 12.1 Å². The highest BCUT2D eigenvalue weighted by Crippen LogP contribution is 2.41. The molecule has 0 aromatic heterocycles. The van der Waals surface area contributed by atoms with Crippen molar-refractivity contribution in [3.05, 3.63) is 57.7 Å². The Labute approximate surface area is 140 Å². The fourth-order valence-electron chi connectivity index (χ4n) is 2.75. The summed E-state index contributed by atoms with van der Waals surface area (Å²) in [4.78, 5) is 12.4. The second-order valence-corrected chi connectivity index (χ2v) is 5.25. The minimum absolute atomic E-state index is 0.0465. The number of nitriles is 2. The van der Waals surface area contributed by atoms with Crippen molar-refractivity contribution in [2.75, 3.05) is 6.61 Å². The quantitative estimate of drug-likeness (QED) is 0.856. The van der Waals surface area contributed by atoms with E-state index in [1.54, 1.807) is 39.0 Å². The van der Waals surface area contributed by atoms with Crippen LogP contribution in [0.3, 0.4) is 0 Å². The smallest absolute Gasteiger partial charge is 0.338 e. The van der Waals surface area contributed by atoms with E-state index >= 15 is 0 Å². The number of hydrogen-bond acceptors (Lipinski definition) is 6. The summed E-state index contributed by atoms with van der Waals surface area (Å²) in [6.45, 7) is 5.26. The number of allylic oxidation sites excluding steroid dienone is 2. The molecule has 6 nitrogen and oxygen atoms in total. The van der Waals surface area contributed by atoms with Crippen LogP contribution in [-0.4, -0.2) is 12.6 Å². The third-order valence-corrected chi connectivity index (χ3v) is 3.91. The van der Waals surface area contributed by atoms with Gasteiger partial charge in [-0.25, -0.2) is 4.79 Å². The Balaban J connectivity index is 2.73. The van der Waals surface area contributed by atoms with Crippen molar-refractivity contribution < 1.29 is 14.3 Å². The third-order valence-electron chi connectivity index (χ3n) is 3.91. The van der Waals surface area contributed by atoms with E-state index in [4.69, 9.17) is 15.2 Å². The number of carbonyl (C=O) groups is 1. The normalized spacial score (nSPS) is 17.0. The summed E-state index contributed by atoms with van der Waals surface area (Å²) in [6.07, 6.45) is 0. The second kappa shape index (κ2) is 6.89. The maximum absolute atomic E-state index is 12.4. The summed E-state index contributed by atoms with van der Waals surface area (Å²) < 4.78 is 10.5. The standard InChI is InChI=1S/C18H17N3O3/c1-4-23-18(22)15-11(3)24-17(21)14(9-20)16(15)13-7-5-6-12(8-19)10(13)2/h5-7,16H,4,21H2,1-3H3. The molecule has 0 amide bonds. The van der Waals surface area contributed by atoms with Crippen molar-refractivity contribution in [3.63, 3.8) is 0 Å². The number of carbonyl (C=O) groups excluding carboxylic acids is 1. The highest BCUT2D eigenvalue weighted by molar-refractivity contribution is 5.92. The molecule has 0 bridgehead atoms. The minimum Gasteiger partial charge on any atom is -0.463 e. The summed E-state index contributed by atoms with van der Waals surface area (Å²) in [5.41, 5.74) is 8.00. The van der Waals surface area contributed by atoms with E-state index < -0.39 is 11.9 Å². The van der Waals surface area contributed by atoms with Crippen LogP contribution in [0.4, 0.5) is 0 Å². The van der Waals surface area contributed by atoms with Crippen molar-refractivity contribution in [1.82, 2.24) is 0 Å². The summed E-state index contributed by atoms with van der Waals surface area (Å²) in [5.74, 6) is -1.05. The van der Waals surface area contributed by atoms with Gasteiger partial charge in [0, 0.05) is 0 Å². The molecule has 1 aromatic carbocycles. The highest BCUT2D eigenvalue weighted by Gasteiger charge is 2.37. The van der Waals surface area contributed by atoms with Gasteiger partial charge in [0.15, 0.2) is 0 Å². The monoisotopic (exact) mass is 323 g/mol. The summed E-state index contributed by atoms with van der Waals surface area (Å²) in [7, 11) is 0. The van der Waals surface area contributed by atoms with Crippen molar-refractivity contribution >= 4 is 5.97 Å². The van der Waals surface area contributed by atoms with E-state index in [-0.39, 0.29) is 29.4 Å². The number of nitrogens with zero attached hydrogens (tertiary/aromatic N) is 2. The Morgan fingerprint density at radius 1 is 1.33 bits per heavy atom. The van der Waals surface area contributed by atoms with Crippen LogP contribution in [0.25, 0.3) is 0 Å². The summed E-state index contributed by atoms with van der Waals surface area (Å²) >= 11 is 0. The highest BCUT2D eigenvalue weighted by atomic mass is 16.5.